The molecule has 0 aliphatic heterocycles. The Hall–Kier alpha value is -0.370. The van der Waals surface area contributed by atoms with E-state index in [1.165, 1.54) is 6.42 Å². The SMILES string of the molecule is CN=C(NCc1nc(C(C)(C)C)cs1)NC1CC1C.I. The molecule has 0 aromatic carbocycles. The van der Waals surface area contributed by atoms with Crippen LogP contribution in [-0.2, 0) is 12.0 Å². The quantitative estimate of drug-likeness (QED) is 0.459. The fraction of sp³-hybridized carbons (Fsp3) is 0.714. The highest BCUT2D eigenvalue weighted by Gasteiger charge is 2.33. The van der Waals surface area contributed by atoms with E-state index in [-0.39, 0.29) is 29.4 Å². The smallest absolute Gasteiger partial charge is 0.191 e. The monoisotopic (exact) mass is 408 g/mol. The lowest BCUT2D eigenvalue weighted by Gasteiger charge is -2.14. The topological polar surface area (TPSA) is 49.3 Å². The van der Waals surface area contributed by atoms with Crippen molar-refractivity contribution in [2.45, 2.75) is 52.1 Å². The first-order chi connectivity index (χ1) is 8.90. The van der Waals surface area contributed by atoms with Crippen molar-refractivity contribution in [1.29, 1.82) is 0 Å². The maximum absolute atomic E-state index is 4.67. The highest BCUT2D eigenvalue weighted by atomic mass is 127. The molecule has 20 heavy (non-hydrogen) atoms. The molecule has 1 aromatic heterocycles. The van der Waals surface area contributed by atoms with Crippen LogP contribution in [0.3, 0.4) is 0 Å². The van der Waals surface area contributed by atoms with Crippen molar-refractivity contribution in [2.24, 2.45) is 10.9 Å². The third-order valence-electron chi connectivity index (χ3n) is 3.38. The van der Waals surface area contributed by atoms with Crippen LogP contribution in [0, 0.1) is 5.92 Å². The summed E-state index contributed by atoms with van der Waals surface area (Å²) in [6.07, 6.45) is 1.24. The molecule has 1 heterocycles. The molecule has 4 nitrogen and oxygen atoms in total. The number of nitrogens with one attached hydrogen (secondary N) is 2. The van der Waals surface area contributed by atoms with Gasteiger partial charge in [0, 0.05) is 23.9 Å². The zero-order valence-electron chi connectivity index (χ0n) is 12.9. The van der Waals surface area contributed by atoms with Crippen molar-refractivity contribution in [3.8, 4) is 0 Å². The number of aromatic nitrogens is 1. The number of nitrogens with zero attached hydrogens (tertiary/aromatic N) is 2. The third-order valence-corrected chi connectivity index (χ3v) is 4.23. The lowest BCUT2D eigenvalue weighted by molar-refractivity contribution is 0.570. The molecule has 0 amide bonds. The molecule has 1 fully saturated rings. The average Bonchev–Trinajstić information content (AvgIpc) is 2.83. The summed E-state index contributed by atoms with van der Waals surface area (Å²) in [5.41, 5.74) is 1.28. The maximum atomic E-state index is 4.67. The minimum Gasteiger partial charge on any atom is -0.353 e. The highest BCUT2D eigenvalue weighted by molar-refractivity contribution is 14.0. The predicted octanol–water partition coefficient (Wildman–Crippen LogP) is 3.13. The fourth-order valence-corrected chi connectivity index (χ4v) is 2.75. The predicted molar refractivity (Wildman–Crippen MR) is 97.1 cm³/mol. The summed E-state index contributed by atoms with van der Waals surface area (Å²) in [5.74, 6) is 1.65. The molecule has 0 spiro atoms. The summed E-state index contributed by atoms with van der Waals surface area (Å²) in [6, 6.07) is 0.590. The Balaban J connectivity index is 0.00000200. The first kappa shape index (κ1) is 17.7. The molecule has 1 saturated carbocycles. The average molecular weight is 408 g/mol. The van der Waals surface area contributed by atoms with E-state index < -0.39 is 0 Å². The highest BCUT2D eigenvalue weighted by Crippen LogP contribution is 2.28. The standard InChI is InChI=1S/C14H24N4S.HI/c1-9-6-10(9)17-13(15-5)16-7-12-18-11(8-19-12)14(2,3)4;/h8-10H,6-7H2,1-5H3,(H2,15,16,17);1H. The first-order valence-electron chi connectivity index (χ1n) is 6.82. The largest absolute Gasteiger partial charge is 0.353 e. The van der Waals surface area contributed by atoms with E-state index >= 15 is 0 Å². The molecule has 0 radical (unpaired) electrons. The second kappa shape index (κ2) is 7.06. The Bertz CT molecular complexity index is 464. The van der Waals surface area contributed by atoms with Crippen molar-refractivity contribution in [2.75, 3.05) is 7.05 Å². The van der Waals surface area contributed by atoms with Crippen LogP contribution < -0.4 is 10.6 Å². The third kappa shape index (κ3) is 4.87. The van der Waals surface area contributed by atoms with E-state index in [1.807, 2.05) is 7.05 Å². The van der Waals surface area contributed by atoms with Crippen LogP contribution in [0.25, 0.3) is 0 Å². The van der Waals surface area contributed by atoms with Gasteiger partial charge < -0.3 is 10.6 Å². The van der Waals surface area contributed by atoms with Crippen LogP contribution in [0.1, 0.15) is 44.8 Å². The molecule has 0 saturated heterocycles. The Morgan fingerprint density at radius 1 is 1.50 bits per heavy atom. The molecule has 2 N–H and O–H groups in total. The summed E-state index contributed by atoms with van der Waals surface area (Å²) >= 11 is 1.71. The lowest BCUT2D eigenvalue weighted by Crippen LogP contribution is -2.38. The maximum Gasteiger partial charge on any atom is 0.191 e. The van der Waals surface area contributed by atoms with Gasteiger partial charge in [0.25, 0.3) is 0 Å². The van der Waals surface area contributed by atoms with Gasteiger partial charge in [-0.2, -0.15) is 0 Å². The number of hydrogen-bond donors (Lipinski definition) is 2. The zero-order valence-corrected chi connectivity index (χ0v) is 16.0. The Morgan fingerprint density at radius 2 is 2.15 bits per heavy atom. The van der Waals surface area contributed by atoms with Crippen molar-refractivity contribution in [3.63, 3.8) is 0 Å². The van der Waals surface area contributed by atoms with Gasteiger partial charge in [-0.1, -0.05) is 27.7 Å². The van der Waals surface area contributed by atoms with Gasteiger partial charge in [-0.15, -0.1) is 35.3 Å². The van der Waals surface area contributed by atoms with Gasteiger partial charge in [-0.3, -0.25) is 4.99 Å². The normalized spacial score (nSPS) is 22.1. The Morgan fingerprint density at radius 3 is 2.60 bits per heavy atom. The van der Waals surface area contributed by atoms with Gasteiger partial charge in [0.2, 0.25) is 0 Å². The van der Waals surface area contributed by atoms with E-state index in [4.69, 9.17) is 0 Å². The van der Waals surface area contributed by atoms with Gasteiger partial charge in [-0.25, -0.2) is 4.98 Å². The van der Waals surface area contributed by atoms with E-state index in [1.54, 1.807) is 11.3 Å². The number of guanidine groups is 1. The van der Waals surface area contributed by atoms with E-state index in [0.717, 1.165) is 29.1 Å². The Kier molecular flexibility index (Phi) is 6.25. The molecule has 1 aromatic rings. The molecular formula is C14H25IN4S. The van der Waals surface area contributed by atoms with Crippen LogP contribution in [0.5, 0.6) is 0 Å². The van der Waals surface area contributed by atoms with E-state index in [9.17, 15) is 0 Å². The molecule has 2 rings (SSSR count). The van der Waals surface area contributed by atoms with Crippen molar-refractivity contribution >= 4 is 41.3 Å². The second-order valence-corrected chi connectivity index (χ2v) is 7.21. The van der Waals surface area contributed by atoms with Gasteiger partial charge in [0.1, 0.15) is 5.01 Å². The van der Waals surface area contributed by atoms with Crippen molar-refractivity contribution < 1.29 is 0 Å². The molecule has 114 valence electrons. The van der Waals surface area contributed by atoms with E-state index in [0.29, 0.717) is 6.04 Å². The van der Waals surface area contributed by atoms with Crippen LogP contribution in [-0.4, -0.2) is 24.0 Å². The van der Waals surface area contributed by atoms with Gasteiger partial charge >= 0.3 is 0 Å². The van der Waals surface area contributed by atoms with E-state index in [2.05, 4.69) is 53.7 Å². The summed E-state index contributed by atoms with van der Waals surface area (Å²) in [7, 11) is 1.81. The molecule has 2 atom stereocenters. The first-order valence-corrected chi connectivity index (χ1v) is 7.70. The fourth-order valence-electron chi connectivity index (χ4n) is 1.79. The number of thiazole rings is 1. The number of aliphatic imine (C=N–C) groups is 1. The summed E-state index contributed by atoms with van der Waals surface area (Å²) in [5, 5.41) is 10.00. The minimum absolute atomic E-state index is 0. The van der Waals surface area contributed by atoms with Gasteiger partial charge in [-0.05, 0) is 12.3 Å². The number of hydrogen-bond acceptors (Lipinski definition) is 3. The number of rotatable bonds is 3. The van der Waals surface area contributed by atoms with Crippen LogP contribution in [0.15, 0.2) is 10.4 Å². The minimum atomic E-state index is 0. The lowest BCUT2D eigenvalue weighted by atomic mass is 9.93. The number of halogens is 1. The van der Waals surface area contributed by atoms with Gasteiger partial charge in [0.15, 0.2) is 5.96 Å². The molecule has 1 aliphatic rings. The summed E-state index contributed by atoms with van der Waals surface area (Å²) < 4.78 is 0. The van der Waals surface area contributed by atoms with Crippen molar-refractivity contribution in [1.82, 2.24) is 15.6 Å². The van der Waals surface area contributed by atoms with Gasteiger partial charge in [0.05, 0.1) is 12.2 Å². The molecule has 1 aliphatic carbocycles. The zero-order chi connectivity index (χ0) is 14.0. The van der Waals surface area contributed by atoms with Crippen LogP contribution >= 0.6 is 35.3 Å². The molecule has 6 heteroatoms. The molecule has 2 unspecified atom stereocenters. The summed E-state index contributed by atoms with van der Waals surface area (Å²) in [4.78, 5) is 8.92. The second-order valence-electron chi connectivity index (χ2n) is 6.27. The Labute approximate surface area is 142 Å². The molecular weight excluding hydrogens is 383 g/mol. The van der Waals surface area contributed by atoms with Crippen LogP contribution in [0.4, 0.5) is 0 Å². The van der Waals surface area contributed by atoms with Crippen molar-refractivity contribution in [3.05, 3.63) is 16.1 Å². The summed E-state index contributed by atoms with van der Waals surface area (Å²) in [6.45, 7) is 9.56. The van der Waals surface area contributed by atoms with Crippen LogP contribution in [0.2, 0.25) is 0 Å². The molecule has 0 bridgehead atoms.